The number of nitrogens with one attached hydrogen (secondary N) is 3. The van der Waals surface area contributed by atoms with Crippen molar-refractivity contribution in [2.45, 2.75) is 71.3 Å². The third-order valence-electron chi connectivity index (χ3n) is 6.99. The maximum absolute atomic E-state index is 15.5. The fourth-order valence-electron chi connectivity index (χ4n) is 5.32. The summed E-state index contributed by atoms with van der Waals surface area (Å²) in [5, 5.41) is 11.3. The van der Waals surface area contributed by atoms with E-state index in [1.54, 1.807) is 6.92 Å². The maximum atomic E-state index is 15.5. The molecule has 35 heavy (non-hydrogen) atoms. The molecule has 196 valence electrons. The van der Waals surface area contributed by atoms with Crippen LogP contribution in [-0.4, -0.2) is 71.2 Å². The van der Waals surface area contributed by atoms with Gasteiger partial charge < -0.3 is 20.2 Å². The van der Waals surface area contributed by atoms with Gasteiger partial charge in [0.25, 0.3) is 0 Å². The van der Waals surface area contributed by atoms with Gasteiger partial charge in [-0.1, -0.05) is 32.6 Å². The Bertz CT molecular complexity index is 866. The molecule has 1 aromatic rings. The molecular formula is C24H40FN7O3. The summed E-state index contributed by atoms with van der Waals surface area (Å²) in [6.07, 6.45) is 6.74. The van der Waals surface area contributed by atoms with Crippen molar-refractivity contribution < 1.29 is 19.1 Å². The normalized spacial score (nSPS) is 19.2. The number of anilines is 2. The van der Waals surface area contributed by atoms with Crippen molar-refractivity contribution in [3.63, 3.8) is 0 Å². The van der Waals surface area contributed by atoms with E-state index in [1.165, 1.54) is 0 Å². The summed E-state index contributed by atoms with van der Waals surface area (Å²) in [5.74, 6) is -0.579. The van der Waals surface area contributed by atoms with Gasteiger partial charge in [-0.15, -0.1) is 0 Å². The highest BCUT2D eigenvalue weighted by molar-refractivity contribution is 5.80. The van der Waals surface area contributed by atoms with Crippen LogP contribution in [0.1, 0.15) is 64.1 Å². The zero-order chi connectivity index (χ0) is 25.4. The molecule has 3 rings (SSSR count). The number of nitrogens with zero attached hydrogens (tertiary/aromatic N) is 4. The van der Waals surface area contributed by atoms with E-state index in [1.807, 2.05) is 4.90 Å². The van der Waals surface area contributed by atoms with Crippen molar-refractivity contribution in [3.05, 3.63) is 11.6 Å². The van der Waals surface area contributed by atoms with E-state index in [4.69, 9.17) is 5.11 Å². The lowest BCUT2D eigenvalue weighted by Crippen LogP contribution is -2.42. The number of carboxylic acid groups (broad SMARTS) is 1. The highest BCUT2D eigenvalue weighted by Crippen LogP contribution is 2.31. The lowest BCUT2D eigenvalue weighted by Gasteiger charge is -2.30. The van der Waals surface area contributed by atoms with Gasteiger partial charge in [-0.25, -0.2) is 14.8 Å². The van der Waals surface area contributed by atoms with Crippen LogP contribution in [-0.2, 0) is 4.79 Å². The van der Waals surface area contributed by atoms with Gasteiger partial charge in [0, 0.05) is 25.7 Å². The van der Waals surface area contributed by atoms with Gasteiger partial charge >= 0.3 is 6.09 Å². The predicted octanol–water partition coefficient (Wildman–Crippen LogP) is 3.14. The molecule has 2 aliphatic rings. The van der Waals surface area contributed by atoms with Gasteiger partial charge in [0.1, 0.15) is 5.82 Å². The number of aryl methyl sites for hydroxylation is 1. The van der Waals surface area contributed by atoms with E-state index >= 15 is 4.39 Å². The molecule has 1 aliphatic heterocycles. The highest BCUT2D eigenvalue weighted by Gasteiger charge is 2.31. The highest BCUT2D eigenvalue weighted by atomic mass is 19.1. The first-order valence-corrected chi connectivity index (χ1v) is 12.8. The Morgan fingerprint density at radius 3 is 2.66 bits per heavy atom. The van der Waals surface area contributed by atoms with Gasteiger partial charge in [0.05, 0.1) is 5.92 Å². The first kappa shape index (κ1) is 26.9. The van der Waals surface area contributed by atoms with Crippen LogP contribution in [0.25, 0.3) is 0 Å². The van der Waals surface area contributed by atoms with E-state index in [2.05, 4.69) is 45.0 Å². The standard InChI is InChI=1S/C24H40FN7O3/c1-4-11-31(3)15-19-10-7-12-32(19)22-20(25)21(27-16(2)28-22)29-30-23(33)18(14-26-24(34)35)13-17-8-5-6-9-17/h17-19,26H,4-15H2,1-3H3,(H,30,33)(H,34,35)(H,27,28,29)/t18-,19+/m1/s1. The monoisotopic (exact) mass is 493 g/mol. The van der Waals surface area contributed by atoms with Crippen molar-refractivity contribution in [3.8, 4) is 0 Å². The molecule has 1 aromatic heterocycles. The quantitative estimate of drug-likeness (QED) is 0.328. The van der Waals surface area contributed by atoms with Gasteiger partial charge in [-0.05, 0) is 52.1 Å². The summed E-state index contributed by atoms with van der Waals surface area (Å²) in [6.45, 7) is 6.37. The van der Waals surface area contributed by atoms with Crippen molar-refractivity contribution in [1.29, 1.82) is 0 Å². The number of halogens is 1. The third-order valence-corrected chi connectivity index (χ3v) is 6.99. The SMILES string of the molecule is CCCN(C)C[C@@H]1CCCN1c1nc(C)nc(NNC(=O)[C@@H](CNC(=O)O)CC2CCCC2)c1F. The predicted molar refractivity (Wildman–Crippen MR) is 133 cm³/mol. The molecule has 2 heterocycles. The van der Waals surface area contributed by atoms with E-state index < -0.39 is 17.8 Å². The lowest BCUT2D eigenvalue weighted by atomic mass is 9.92. The molecule has 4 N–H and O–H groups in total. The average molecular weight is 494 g/mol. The van der Waals surface area contributed by atoms with Crippen LogP contribution in [0.5, 0.6) is 0 Å². The van der Waals surface area contributed by atoms with Gasteiger partial charge in [-0.3, -0.25) is 15.6 Å². The zero-order valence-electron chi connectivity index (χ0n) is 21.1. The molecule has 2 fully saturated rings. The fraction of sp³-hybridized carbons (Fsp3) is 0.750. The number of hydrogen-bond donors (Lipinski definition) is 4. The topological polar surface area (TPSA) is 123 Å². The first-order chi connectivity index (χ1) is 16.8. The van der Waals surface area contributed by atoms with Gasteiger partial charge in [0.2, 0.25) is 11.7 Å². The molecule has 1 saturated heterocycles. The number of carbonyl (C=O) groups excluding carboxylic acids is 1. The lowest BCUT2D eigenvalue weighted by molar-refractivity contribution is -0.124. The Morgan fingerprint density at radius 2 is 1.97 bits per heavy atom. The molecule has 0 aromatic carbocycles. The van der Waals surface area contributed by atoms with Crippen LogP contribution in [0.2, 0.25) is 0 Å². The minimum Gasteiger partial charge on any atom is -0.465 e. The second-order valence-electron chi connectivity index (χ2n) is 9.89. The largest absolute Gasteiger partial charge is 0.465 e. The maximum Gasteiger partial charge on any atom is 0.404 e. The number of likely N-dealkylation sites (N-methyl/N-ethyl adjacent to an activating group) is 1. The molecule has 0 radical (unpaired) electrons. The molecule has 0 bridgehead atoms. The van der Waals surface area contributed by atoms with E-state index in [0.717, 1.165) is 58.0 Å². The van der Waals surface area contributed by atoms with Crippen LogP contribution in [0.15, 0.2) is 0 Å². The zero-order valence-corrected chi connectivity index (χ0v) is 21.1. The summed E-state index contributed by atoms with van der Waals surface area (Å²) in [4.78, 5) is 36.7. The Kier molecular flexibility index (Phi) is 9.88. The van der Waals surface area contributed by atoms with Crippen molar-refractivity contribution in [1.82, 2.24) is 25.6 Å². The van der Waals surface area contributed by atoms with E-state index in [-0.39, 0.29) is 30.1 Å². The molecule has 0 unspecified atom stereocenters. The number of aromatic nitrogens is 2. The van der Waals surface area contributed by atoms with Crippen LogP contribution in [0, 0.1) is 24.6 Å². The Morgan fingerprint density at radius 1 is 1.23 bits per heavy atom. The number of hydrazine groups is 1. The minimum atomic E-state index is -1.17. The molecule has 11 heteroatoms. The Hall–Kier alpha value is -2.69. The number of amides is 2. The van der Waals surface area contributed by atoms with Crippen LogP contribution >= 0.6 is 0 Å². The van der Waals surface area contributed by atoms with Crippen LogP contribution in [0.3, 0.4) is 0 Å². The first-order valence-electron chi connectivity index (χ1n) is 12.8. The van der Waals surface area contributed by atoms with E-state index in [0.29, 0.717) is 24.7 Å². The molecule has 2 amide bonds. The molecule has 10 nitrogen and oxygen atoms in total. The molecule has 0 spiro atoms. The molecule has 2 atom stereocenters. The van der Waals surface area contributed by atoms with Crippen molar-refractivity contribution >= 4 is 23.6 Å². The third kappa shape index (κ3) is 7.65. The van der Waals surface area contributed by atoms with E-state index in [9.17, 15) is 9.59 Å². The van der Waals surface area contributed by atoms with Crippen LogP contribution in [0.4, 0.5) is 20.8 Å². The fourth-order valence-corrected chi connectivity index (χ4v) is 5.32. The van der Waals surface area contributed by atoms with Gasteiger partial charge in [-0.2, -0.15) is 4.39 Å². The summed E-state index contributed by atoms with van der Waals surface area (Å²) in [7, 11) is 2.07. The molecule has 1 aliphatic carbocycles. The summed E-state index contributed by atoms with van der Waals surface area (Å²) in [6, 6.07) is 0.163. The number of hydrogen-bond acceptors (Lipinski definition) is 7. The summed E-state index contributed by atoms with van der Waals surface area (Å²) in [5.41, 5.74) is 5.21. The van der Waals surface area contributed by atoms with Crippen LogP contribution < -0.4 is 21.1 Å². The molecule has 1 saturated carbocycles. The smallest absolute Gasteiger partial charge is 0.404 e. The second kappa shape index (κ2) is 12.9. The Labute approximate surface area is 207 Å². The van der Waals surface area contributed by atoms with Crippen molar-refractivity contribution in [2.24, 2.45) is 11.8 Å². The summed E-state index contributed by atoms with van der Waals surface area (Å²) < 4.78 is 15.5. The minimum absolute atomic E-state index is 0.0105. The average Bonchev–Trinajstić information content (AvgIpc) is 3.49. The second-order valence-corrected chi connectivity index (χ2v) is 9.89. The number of carbonyl (C=O) groups is 2. The molecular weight excluding hydrogens is 453 g/mol. The number of rotatable bonds is 12. The summed E-state index contributed by atoms with van der Waals surface area (Å²) >= 11 is 0. The van der Waals surface area contributed by atoms with Gasteiger partial charge in [0.15, 0.2) is 11.6 Å². The van der Waals surface area contributed by atoms with Crippen molar-refractivity contribution in [2.75, 3.05) is 43.6 Å². The Balaban J connectivity index is 1.69.